The highest BCUT2D eigenvalue weighted by atomic mass is 15.5. The van der Waals surface area contributed by atoms with Crippen LogP contribution in [0.4, 0.5) is 0 Å². The standard InChI is InChI=1S/C16H20N4/c1-12-6-5-7-13(2)20(12)18-11-14-10-17-15-8-3-4-9-16(15)19-14/h3-4,8-13H,5-7H2,1-2H3/b18-11-/t12-,13-/m1/s1. The third-order valence-corrected chi connectivity index (χ3v) is 3.94. The molecule has 0 saturated carbocycles. The van der Waals surface area contributed by atoms with E-state index in [2.05, 4.69) is 33.9 Å². The van der Waals surface area contributed by atoms with E-state index in [-0.39, 0.29) is 0 Å². The van der Waals surface area contributed by atoms with E-state index in [0.29, 0.717) is 12.1 Å². The van der Waals surface area contributed by atoms with Gasteiger partial charge >= 0.3 is 0 Å². The van der Waals surface area contributed by atoms with Gasteiger partial charge in [0.05, 0.1) is 23.4 Å². The number of piperidine rings is 1. The molecule has 1 fully saturated rings. The van der Waals surface area contributed by atoms with E-state index in [1.165, 1.54) is 19.3 Å². The second kappa shape index (κ2) is 5.57. The highest BCUT2D eigenvalue weighted by Crippen LogP contribution is 2.22. The maximum absolute atomic E-state index is 4.63. The Morgan fingerprint density at radius 2 is 1.85 bits per heavy atom. The molecule has 1 aliphatic rings. The van der Waals surface area contributed by atoms with Gasteiger partial charge in [-0.05, 0) is 45.2 Å². The molecule has 0 bridgehead atoms. The van der Waals surface area contributed by atoms with Gasteiger partial charge in [0.15, 0.2) is 0 Å². The maximum atomic E-state index is 4.63. The van der Waals surface area contributed by atoms with Crippen LogP contribution >= 0.6 is 0 Å². The van der Waals surface area contributed by atoms with Gasteiger partial charge in [-0.15, -0.1) is 0 Å². The van der Waals surface area contributed by atoms with Crippen LogP contribution in [0, 0.1) is 0 Å². The minimum atomic E-state index is 0.503. The predicted molar refractivity (Wildman–Crippen MR) is 81.7 cm³/mol. The van der Waals surface area contributed by atoms with Crippen molar-refractivity contribution in [3.05, 3.63) is 36.2 Å². The SMILES string of the molecule is C[C@@H]1CCC[C@@H](C)N1/N=C\c1cnc2ccccc2n1. The molecule has 2 atom stereocenters. The Hall–Kier alpha value is -1.97. The molecule has 1 aromatic heterocycles. The molecule has 4 heteroatoms. The van der Waals surface area contributed by atoms with Crippen LogP contribution in [0.25, 0.3) is 11.0 Å². The van der Waals surface area contributed by atoms with Crippen molar-refractivity contribution in [2.24, 2.45) is 5.10 Å². The molecular weight excluding hydrogens is 248 g/mol. The number of nitrogens with zero attached hydrogens (tertiary/aromatic N) is 4. The van der Waals surface area contributed by atoms with Gasteiger partial charge in [-0.3, -0.25) is 9.99 Å². The average Bonchev–Trinajstić information content (AvgIpc) is 2.46. The quantitative estimate of drug-likeness (QED) is 0.785. The Morgan fingerprint density at radius 1 is 1.15 bits per heavy atom. The minimum absolute atomic E-state index is 0.503. The molecule has 4 nitrogen and oxygen atoms in total. The normalized spacial score (nSPS) is 23.6. The minimum Gasteiger partial charge on any atom is -0.291 e. The Morgan fingerprint density at radius 3 is 2.60 bits per heavy atom. The molecule has 0 aliphatic carbocycles. The number of hydrogen-bond acceptors (Lipinski definition) is 4. The zero-order valence-corrected chi connectivity index (χ0v) is 12.0. The fourth-order valence-corrected chi connectivity index (χ4v) is 2.79. The van der Waals surface area contributed by atoms with Gasteiger partial charge in [-0.2, -0.15) is 5.10 Å². The Kier molecular flexibility index (Phi) is 3.63. The first-order valence-electron chi connectivity index (χ1n) is 7.28. The van der Waals surface area contributed by atoms with E-state index in [1.54, 1.807) is 6.20 Å². The number of rotatable bonds is 2. The zero-order chi connectivity index (χ0) is 13.9. The van der Waals surface area contributed by atoms with Gasteiger partial charge in [0.2, 0.25) is 0 Å². The Bertz CT molecular complexity index is 613. The molecule has 2 aromatic rings. The van der Waals surface area contributed by atoms with Crippen molar-refractivity contribution >= 4 is 17.2 Å². The number of benzene rings is 1. The lowest BCUT2D eigenvalue weighted by Crippen LogP contribution is -2.39. The fraction of sp³-hybridized carbons (Fsp3) is 0.438. The molecule has 20 heavy (non-hydrogen) atoms. The van der Waals surface area contributed by atoms with E-state index in [9.17, 15) is 0 Å². The lowest BCUT2D eigenvalue weighted by atomic mass is 10.00. The Labute approximate surface area is 119 Å². The largest absolute Gasteiger partial charge is 0.291 e. The van der Waals surface area contributed by atoms with Crippen molar-refractivity contribution in [1.29, 1.82) is 0 Å². The summed E-state index contributed by atoms with van der Waals surface area (Å²) in [5.41, 5.74) is 2.65. The molecule has 1 aromatic carbocycles. The number of fused-ring (bicyclic) bond motifs is 1. The topological polar surface area (TPSA) is 41.4 Å². The number of para-hydroxylation sites is 2. The second-order valence-corrected chi connectivity index (χ2v) is 5.54. The van der Waals surface area contributed by atoms with Crippen molar-refractivity contribution in [2.75, 3.05) is 0 Å². The monoisotopic (exact) mass is 268 g/mol. The summed E-state index contributed by atoms with van der Waals surface area (Å²) < 4.78 is 0. The van der Waals surface area contributed by atoms with Crippen molar-refractivity contribution < 1.29 is 0 Å². The first-order valence-corrected chi connectivity index (χ1v) is 7.28. The molecule has 1 aliphatic heterocycles. The van der Waals surface area contributed by atoms with Gasteiger partial charge in [0, 0.05) is 12.1 Å². The summed E-state index contributed by atoms with van der Waals surface area (Å²) in [6.07, 6.45) is 7.34. The summed E-state index contributed by atoms with van der Waals surface area (Å²) in [7, 11) is 0. The molecule has 1 saturated heterocycles. The molecule has 2 heterocycles. The highest BCUT2D eigenvalue weighted by Gasteiger charge is 2.22. The fourth-order valence-electron chi connectivity index (χ4n) is 2.79. The van der Waals surface area contributed by atoms with Gasteiger partial charge in [0.1, 0.15) is 5.69 Å². The summed E-state index contributed by atoms with van der Waals surface area (Å²) in [4.78, 5) is 8.98. The summed E-state index contributed by atoms with van der Waals surface area (Å²) in [5.74, 6) is 0. The molecular formula is C16H20N4. The van der Waals surface area contributed by atoms with Crippen molar-refractivity contribution in [1.82, 2.24) is 15.0 Å². The second-order valence-electron chi connectivity index (χ2n) is 5.54. The third kappa shape index (κ3) is 2.64. The van der Waals surface area contributed by atoms with Crippen LogP contribution < -0.4 is 0 Å². The van der Waals surface area contributed by atoms with Crippen molar-refractivity contribution in [2.45, 2.75) is 45.2 Å². The molecule has 104 valence electrons. The van der Waals surface area contributed by atoms with Gasteiger partial charge in [-0.1, -0.05) is 12.1 Å². The smallest absolute Gasteiger partial charge is 0.102 e. The molecule has 0 amide bonds. The summed E-state index contributed by atoms with van der Waals surface area (Å²) >= 11 is 0. The van der Waals surface area contributed by atoms with Gasteiger partial charge in [0.25, 0.3) is 0 Å². The first-order chi connectivity index (χ1) is 9.74. The summed E-state index contributed by atoms with van der Waals surface area (Å²) in [6.45, 7) is 4.47. The van der Waals surface area contributed by atoms with E-state index >= 15 is 0 Å². The van der Waals surface area contributed by atoms with Crippen molar-refractivity contribution in [3.8, 4) is 0 Å². The van der Waals surface area contributed by atoms with Crippen LogP contribution in [0.15, 0.2) is 35.6 Å². The predicted octanol–water partition coefficient (Wildman–Crippen LogP) is 3.23. The average molecular weight is 268 g/mol. The lowest BCUT2D eigenvalue weighted by molar-refractivity contribution is 0.109. The van der Waals surface area contributed by atoms with Crippen LogP contribution in [0.1, 0.15) is 38.8 Å². The van der Waals surface area contributed by atoms with E-state index in [1.807, 2.05) is 30.5 Å². The summed E-state index contributed by atoms with van der Waals surface area (Å²) in [5, 5.41) is 6.82. The zero-order valence-electron chi connectivity index (χ0n) is 12.0. The third-order valence-electron chi connectivity index (χ3n) is 3.94. The van der Waals surface area contributed by atoms with Crippen LogP contribution in [0.3, 0.4) is 0 Å². The van der Waals surface area contributed by atoms with E-state index in [0.717, 1.165) is 16.7 Å². The molecule has 0 spiro atoms. The number of hydrogen-bond donors (Lipinski definition) is 0. The van der Waals surface area contributed by atoms with E-state index in [4.69, 9.17) is 0 Å². The van der Waals surface area contributed by atoms with Gasteiger partial charge < -0.3 is 0 Å². The maximum Gasteiger partial charge on any atom is 0.102 e. The van der Waals surface area contributed by atoms with Crippen LogP contribution in [-0.2, 0) is 0 Å². The summed E-state index contributed by atoms with van der Waals surface area (Å²) in [6, 6.07) is 8.91. The number of hydrazone groups is 1. The van der Waals surface area contributed by atoms with E-state index < -0.39 is 0 Å². The van der Waals surface area contributed by atoms with Gasteiger partial charge in [-0.25, -0.2) is 4.98 Å². The molecule has 0 radical (unpaired) electrons. The van der Waals surface area contributed by atoms with Crippen LogP contribution in [0.2, 0.25) is 0 Å². The highest BCUT2D eigenvalue weighted by molar-refractivity contribution is 5.81. The molecule has 0 N–H and O–H groups in total. The molecule has 0 unspecified atom stereocenters. The Balaban J connectivity index is 1.82. The number of aromatic nitrogens is 2. The van der Waals surface area contributed by atoms with Crippen molar-refractivity contribution in [3.63, 3.8) is 0 Å². The van der Waals surface area contributed by atoms with Crippen LogP contribution in [-0.4, -0.2) is 33.3 Å². The molecule has 3 rings (SSSR count). The van der Waals surface area contributed by atoms with Crippen LogP contribution in [0.5, 0.6) is 0 Å². The first kappa shape index (κ1) is 13.0. The lowest BCUT2D eigenvalue weighted by Gasteiger charge is -2.36.